The molecule has 122 valence electrons. The number of nitrogens with zero attached hydrogens (tertiary/aromatic N) is 1. The molecule has 0 spiro atoms. The van der Waals surface area contributed by atoms with Crippen LogP contribution in [0.25, 0.3) is 0 Å². The largest absolute Gasteiger partial charge is 0.548 e. The molecule has 23 heavy (non-hydrogen) atoms. The van der Waals surface area contributed by atoms with Gasteiger partial charge in [-0.3, -0.25) is 4.31 Å². The van der Waals surface area contributed by atoms with Gasteiger partial charge in [-0.1, -0.05) is 17.7 Å². The zero-order chi connectivity index (χ0) is 17.0. The number of benzene rings is 2. The first-order valence-electron chi connectivity index (χ1n) is 6.47. The summed E-state index contributed by atoms with van der Waals surface area (Å²) in [5.41, 5.74) is 0.137. The van der Waals surface area contributed by atoms with E-state index in [2.05, 4.69) is 0 Å². The topological polar surface area (TPSA) is 86.7 Å². The highest BCUT2D eigenvalue weighted by Gasteiger charge is 2.25. The second-order valence-corrected chi connectivity index (χ2v) is 6.84. The third-order valence-electron chi connectivity index (χ3n) is 3.02. The highest BCUT2D eigenvalue weighted by atomic mass is 35.5. The number of hydrogen-bond donors (Lipinski definition) is 0. The number of carboxylic acid groups (broad SMARTS) is 1. The molecule has 0 aromatic heterocycles. The van der Waals surface area contributed by atoms with Gasteiger partial charge in [-0.15, -0.1) is 0 Å². The van der Waals surface area contributed by atoms with Crippen LogP contribution in [0.2, 0.25) is 5.02 Å². The zero-order valence-electron chi connectivity index (χ0n) is 12.1. The van der Waals surface area contributed by atoms with Crippen LogP contribution in [-0.2, 0) is 14.8 Å². The van der Waals surface area contributed by atoms with Crippen molar-refractivity contribution in [2.24, 2.45) is 0 Å². The van der Waals surface area contributed by atoms with Gasteiger partial charge < -0.3 is 14.6 Å². The molecule has 0 aliphatic heterocycles. The molecule has 8 heteroatoms. The SMILES string of the molecule is COc1ccc(S(=O)(=O)N(CC(=O)[O-])c2cccc(Cl)c2)cc1. The summed E-state index contributed by atoms with van der Waals surface area (Å²) < 4.78 is 31.2. The Hall–Kier alpha value is -2.25. The first-order valence-corrected chi connectivity index (χ1v) is 8.28. The maximum absolute atomic E-state index is 12.7. The number of aliphatic carboxylic acids is 1. The molecule has 0 bridgehead atoms. The molecule has 0 N–H and O–H groups in total. The van der Waals surface area contributed by atoms with Gasteiger partial charge in [0.05, 0.1) is 30.2 Å². The van der Waals surface area contributed by atoms with Crippen molar-refractivity contribution in [2.75, 3.05) is 18.0 Å². The summed E-state index contributed by atoms with van der Waals surface area (Å²) in [7, 11) is -2.64. The summed E-state index contributed by atoms with van der Waals surface area (Å²) in [4.78, 5) is 10.9. The van der Waals surface area contributed by atoms with Crippen molar-refractivity contribution in [3.05, 3.63) is 53.6 Å². The lowest BCUT2D eigenvalue weighted by molar-refractivity contribution is -0.303. The molecular formula is C15H13ClNO5S-. The highest BCUT2D eigenvalue weighted by Crippen LogP contribution is 2.26. The number of carbonyl (C=O) groups is 1. The van der Waals surface area contributed by atoms with Crippen molar-refractivity contribution in [1.82, 2.24) is 0 Å². The Labute approximate surface area is 138 Å². The number of sulfonamides is 1. The van der Waals surface area contributed by atoms with Crippen LogP contribution >= 0.6 is 11.6 Å². The zero-order valence-corrected chi connectivity index (χ0v) is 13.7. The Morgan fingerprint density at radius 2 is 1.87 bits per heavy atom. The minimum Gasteiger partial charge on any atom is -0.548 e. The summed E-state index contributed by atoms with van der Waals surface area (Å²) in [6, 6.07) is 11.5. The number of halogens is 1. The van der Waals surface area contributed by atoms with Crippen molar-refractivity contribution in [3.8, 4) is 5.75 Å². The van der Waals surface area contributed by atoms with Gasteiger partial charge in [-0.25, -0.2) is 8.42 Å². The monoisotopic (exact) mass is 354 g/mol. The second kappa shape index (κ2) is 6.89. The van der Waals surface area contributed by atoms with Gasteiger partial charge in [0, 0.05) is 5.02 Å². The van der Waals surface area contributed by atoms with E-state index in [0.717, 1.165) is 4.31 Å². The van der Waals surface area contributed by atoms with E-state index in [-0.39, 0.29) is 15.6 Å². The van der Waals surface area contributed by atoms with Gasteiger partial charge in [-0.05, 0) is 42.5 Å². The van der Waals surface area contributed by atoms with Crippen LogP contribution in [-0.4, -0.2) is 28.0 Å². The van der Waals surface area contributed by atoms with E-state index in [0.29, 0.717) is 5.75 Å². The van der Waals surface area contributed by atoms with E-state index in [4.69, 9.17) is 16.3 Å². The number of carboxylic acids is 1. The molecule has 0 atom stereocenters. The predicted molar refractivity (Wildman–Crippen MR) is 84.0 cm³/mol. The van der Waals surface area contributed by atoms with Crippen LogP contribution < -0.4 is 14.1 Å². The van der Waals surface area contributed by atoms with E-state index in [1.54, 1.807) is 6.07 Å². The van der Waals surface area contributed by atoms with E-state index >= 15 is 0 Å². The Morgan fingerprint density at radius 1 is 1.22 bits per heavy atom. The first kappa shape index (κ1) is 17.1. The number of anilines is 1. The molecule has 0 heterocycles. The summed E-state index contributed by atoms with van der Waals surface area (Å²) in [5.74, 6) is -1.04. The van der Waals surface area contributed by atoms with Crippen molar-refractivity contribution >= 4 is 33.3 Å². The molecule has 0 unspecified atom stereocenters. The van der Waals surface area contributed by atoms with Gasteiger partial charge in [0.2, 0.25) is 0 Å². The number of rotatable bonds is 6. The quantitative estimate of drug-likeness (QED) is 0.780. The second-order valence-electron chi connectivity index (χ2n) is 4.54. The average molecular weight is 355 g/mol. The van der Waals surface area contributed by atoms with Crippen molar-refractivity contribution in [2.45, 2.75) is 4.90 Å². The van der Waals surface area contributed by atoms with Crippen molar-refractivity contribution < 1.29 is 23.1 Å². The molecule has 0 saturated carbocycles. The number of hydrogen-bond acceptors (Lipinski definition) is 5. The molecule has 2 aromatic rings. The third-order valence-corrected chi connectivity index (χ3v) is 5.04. The molecule has 6 nitrogen and oxygen atoms in total. The Balaban J connectivity index is 2.50. The molecule has 0 aliphatic rings. The summed E-state index contributed by atoms with van der Waals surface area (Å²) >= 11 is 5.86. The predicted octanol–water partition coefficient (Wildman–Crippen LogP) is 1.29. The van der Waals surface area contributed by atoms with Gasteiger partial charge in [-0.2, -0.15) is 0 Å². The van der Waals surface area contributed by atoms with Crippen LogP contribution in [0.1, 0.15) is 0 Å². The maximum Gasteiger partial charge on any atom is 0.264 e. The molecule has 2 rings (SSSR count). The molecule has 0 radical (unpaired) electrons. The molecule has 0 saturated heterocycles. The van der Waals surface area contributed by atoms with Crippen LogP contribution in [0.15, 0.2) is 53.4 Å². The van der Waals surface area contributed by atoms with Crippen molar-refractivity contribution in [3.63, 3.8) is 0 Å². The van der Waals surface area contributed by atoms with Crippen LogP contribution in [0, 0.1) is 0 Å². The minimum absolute atomic E-state index is 0.0699. The van der Waals surface area contributed by atoms with Gasteiger partial charge in [0.25, 0.3) is 10.0 Å². The van der Waals surface area contributed by atoms with Crippen molar-refractivity contribution in [1.29, 1.82) is 0 Å². The summed E-state index contributed by atoms with van der Waals surface area (Å²) in [5, 5.41) is 11.3. The Kier molecular flexibility index (Phi) is 5.12. The number of ether oxygens (including phenoxy) is 1. The average Bonchev–Trinajstić information content (AvgIpc) is 2.52. The first-order chi connectivity index (χ1) is 10.8. The third kappa shape index (κ3) is 3.94. The highest BCUT2D eigenvalue weighted by molar-refractivity contribution is 7.92. The van der Waals surface area contributed by atoms with E-state index in [1.165, 1.54) is 49.6 Å². The van der Waals surface area contributed by atoms with Gasteiger partial charge in [0.15, 0.2) is 0 Å². The molecule has 0 fully saturated rings. The van der Waals surface area contributed by atoms with E-state index < -0.39 is 22.5 Å². The molecule has 0 aliphatic carbocycles. The number of carbonyl (C=O) groups excluding carboxylic acids is 1. The van der Waals surface area contributed by atoms with Gasteiger partial charge in [0.1, 0.15) is 5.75 Å². The fraction of sp³-hybridized carbons (Fsp3) is 0.133. The maximum atomic E-state index is 12.7. The molecular weight excluding hydrogens is 342 g/mol. The lowest BCUT2D eigenvalue weighted by Gasteiger charge is -2.25. The van der Waals surface area contributed by atoms with Crippen LogP contribution in [0.4, 0.5) is 5.69 Å². The lowest BCUT2D eigenvalue weighted by atomic mass is 10.3. The fourth-order valence-corrected chi connectivity index (χ4v) is 3.52. The Bertz CT molecular complexity index is 805. The van der Waals surface area contributed by atoms with Crippen LogP contribution in [0.3, 0.4) is 0 Å². The number of methoxy groups -OCH3 is 1. The summed E-state index contributed by atoms with van der Waals surface area (Å²) in [6.07, 6.45) is 0. The smallest absolute Gasteiger partial charge is 0.264 e. The van der Waals surface area contributed by atoms with Crippen LogP contribution in [0.5, 0.6) is 5.75 Å². The molecule has 0 amide bonds. The Morgan fingerprint density at radius 3 is 2.39 bits per heavy atom. The lowest BCUT2D eigenvalue weighted by Crippen LogP contribution is -2.41. The van der Waals surface area contributed by atoms with E-state index in [1.807, 2.05) is 0 Å². The molecule has 2 aromatic carbocycles. The fourth-order valence-electron chi connectivity index (χ4n) is 1.94. The minimum atomic E-state index is -4.09. The van der Waals surface area contributed by atoms with Gasteiger partial charge >= 0.3 is 0 Å². The normalized spacial score (nSPS) is 11.0. The van der Waals surface area contributed by atoms with E-state index in [9.17, 15) is 18.3 Å². The summed E-state index contributed by atoms with van der Waals surface area (Å²) in [6.45, 7) is -0.825. The standard InChI is InChI=1S/C15H14ClNO5S/c1-22-13-5-7-14(8-6-13)23(20,21)17(10-15(18)19)12-4-2-3-11(16)9-12/h2-9H,10H2,1H3,(H,18,19)/p-1.